The van der Waals surface area contributed by atoms with Crippen LogP contribution in [0, 0.1) is 13.8 Å². The van der Waals surface area contributed by atoms with Crippen molar-refractivity contribution in [2.45, 2.75) is 13.8 Å². The van der Waals surface area contributed by atoms with Crippen molar-refractivity contribution >= 4 is 11.6 Å². The third-order valence-electron chi connectivity index (χ3n) is 2.89. The van der Waals surface area contributed by atoms with Crippen LogP contribution in [0.25, 0.3) is 11.1 Å². The van der Waals surface area contributed by atoms with Gasteiger partial charge in [-0.3, -0.25) is 0 Å². The smallest absolute Gasteiger partial charge is 0.119 e. The third kappa shape index (κ3) is 3.05. The highest BCUT2D eigenvalue weighted by molar-refractivity contribution is 6.18. The molecule has 0 saturated heterocycles. The molecule has 2 rings (SSSR count). The zero-order valence-electron chi connectivity index (χ0n) is 10.7. The van der Waals surface area contributed by atoms with Gasteiger partial charge in [0.2, 0.25) is 0 Å². The molecule has 0 saturated carbocycles. The molecular formula is C16H17ClO. The molecule has 0 heterocycles. The van der Waals surface area contributed by atoms with Gasteiger partial charge in [0.25, 0.3) is 0 Å². The minimum absolute atomic E-state index is 0.513. The van der Waals surface area contributed by atoms with Crippen molar-refractivity contribution in [3.63, 3.8) is 0 Å². The average Bonchev–Trinajstić information content (AvgIpc) is 2.37. The Morgan fingerprint density at radius 2 is 1.72 bits per heavy atom. The van der Waals surface area contributed by atoms with E-state index in [0.29, 0.717) is 12.5 Å². The molecule has 0 bridgehead atoms. The highest BCUT2D eigenvalue weighted by Gasteiger charge is 2.02. The highest BCUT2D eigenvalue weighted by Crippen LogP contribution is 2.26. The number of hydrogen-bond acceptors (Lipinski definition) is 1. The molecule has 0 unspecified atom stereocenters. The van der Waals surface area contributed by atoms with Crippen LogP contribution in [-0.2, 0) is 0 Å². The van der Waals surface area contributed by atoms with Gasteiger partial charge in [0.05, 0.1) is 5.88 Å². The monoisotopic (exact) mass is 260 g/mol. The van der Waals surface area contributed by atoms with E-state index in [-0.39, 0.29) is 0 Å². The lowest BCUT2D eigenvalue weighted by Gasteiger charge is -2.09. The van der Waals surface area contributed by atoms with E-state index < -0.39 is 0 Å². The van der Waals surface area contributed by atoms with Gasteiger partial charge in [-0.1, -0.05) is 35.9 Å². The van der Waals surface area contributed by atoms with Gasteiger partial charge in [-0.25, -0.2) is 0 Å². The molecule has 0 aromatic heterocycles. The lowest BCUT2D eigenvalue weighted by Crippen LogP contribution is -1.97. The molecule has 94 valence electrons. The predicted molar refractivity (Wildman–Crippen MR) is 77.6 cm³/mol. The summed E-state index contributed by atoms with van der Waals surface area (Å²) in [6.45, 7) is 4.80. The molecule has 0 aliphatic carbocycles. The summed E-state index contributed by atoms with van der Waals surface area (Å²) >= 11 is 5.59. The Labute approximate surface area is 113 Å². The molecule has 0 spiro atoms. The largest absolute Gasteiger partial charge is 0.492 e. The Kier molecular flexibility index (Phi) is 4.27. The summed E-state index contributed by atoms with van der Waals surface area (Å²) in [5, 5.41) is 0. The minimum atomic E-state index is 0.513. The molecule has 0 aliphatic heterocycles. The second kappa shape index (κ2) is 5.92. The van der Waals surface area contributed by atoms with Gasteiger partial charge in [-0.05, 0) is 42.7 Å². The SMILES string of the molecule is Cc1ccc(-c2ccc(OCCCl)cc2)c(C)c1. The Morgan fingerprint density at radius 3 is 2.33 bits per heavy atom. The maximum Gasteiger partial charge on any atom is 0.119 e. The van der Waals surface area contributed by atoms with Crippen molar-refractivity contribution in [1.29, 1.82) is 0 Å². The molecule has 0 aliphatic rings. The maximum absolute atomic E-state index is 5.59. The van der Waals surface area contributed by atoms with Crippen molar-refractivity contribution in [3.8, 4) is 16.9 Å². The molecule has 2 aromatic rings. The molecule has 0 N–H and O–H groups in total. The van der Waals surface area contributed by atoms with E-state index in [2.05, 4.69) is 44.2 Å². The molecule has 18 heavy (non-hydrogen) atoms. The van der Waals surface area contributed by atoms with E-state index >= 15 is 0 Å². The normalized spacial score (nSPS) is 10.4. The molecule has 1 nitrogen and oxygen atoms in total. The number of alkyl halides is 1. The Balaban J connectivity index is 2.23. The zero-order valence-corrected chi connectivity index (χ0v) is 11.5. The number of benzene rings is 2. The zero-order chi connectivity index (χ0) is 13.0. The van der Waals surface area contributed by atoms with E-state index in [1.807, 2.05) is 12.1 Å². The van der Waals surface area contributed by atoms with Gasteiger partial charge in [-0.15, -0.1) is 11.6 Å². The second-order valence-electron chi connectivity index (χ2n) is 4.38. The number of aryl methyl sites for hydroxylation is 2. The summed E-state index contributed by atoms with van der Waals surface area (Å²) in [5.41, 5.74) is 5.07. The van der Waals surface area contributed by atoms with Gasteiger partial charge in [0, 0.05) is 0 Å². The summed E-state index contributed by atoms with van der Waals surface area (Å²) in [6, 6.07) is 14.7. The van der Waals surface area contributed by atoms with Gasteiger partial charge in [-0.2, -0.15) is 0 Å². The number of halogens is 1. The maximum atomic E-state index is 5.59. The fraction of sp³-hybridized carbons (Fsp3) is 0.250. The third-order valence-corrected chi connectivity index (χ3v) is 3.05. The van der Waals surface area contributed by atoms with E-state index in [0.717, 1.165) is 5.75 Å². The van der Waals surface area contributed by atoms with Crippen LogP contribution in [0.4, 0.5) is 0 Å². The van der Waals surface area contributed by atoms with Crippen LogP contribution in [0.15, 0.2) is 42.5 Å². The van der Waals surface area contributed by atoms with Crippen LogP contribution in [0.5, 0.6) is 5.75 Å². The van der Waals surface area contributed by atoms with Crippen LogP contribution in [0.1, 0.15) is 11.1 Å². The molecule has 2 aromatic carbocycles. The van der Waals surface area contributed by atoms with E-state index in [9.17, 15) is 0 Å². The number of rotatable bonds is 4. The fourth-order valence-electron chi connectivity index (χ4n) is 2.02. The first-order valence-electron chi connectivity index (χ1n) is 6.07. The Bertz CT molecular complexity index is 517. The molecule has 0 radical (unpaired) electrons. The van der Waals surface area contributed by atoms with Crippen LogP contribution in [0.3, 0.4) is 0 Å². The second-order valence-corrected chi connectivity index (χ2v) is 4.76. The highest BCUT2D eigenvalue weighted by atomic mass is 35.5. The van der Waals surface area contributed by atoms with E-state index in [4.69, 9.17) is 16.3 Å². The van der Waals surface area contributed by atoms with Crippen molar-refractivity contribution < 1.29 is 4.74 Å². The lowest BCUT2D eigenvalue weighted by molar-refractivity contribution is 0.343. The fourth-order valence-corrected chi connectivity index (χ4v) is 2.10. The lowest BCUT2D eigenvalue weighted by atomic mass is 9.99. The number of hydrogen-bond donors (Lipinski definition) is 0. The van der Waals surface area contributed by atoms with Crippen molar-refractivity contribution in [3.05, 3.63) is 53.6 Å². The predicted octanol–water partition coefficient (Wildman–Crippen LogP) is 4.59. The molecule has 0 amide bonds. The molecule has 0 fully saturated rings. The standard InChI is InChI=1S/C16H17ClO/c1-12-3-8-16(13(2)11-12)14-4-6-15(7-5-14)18-10-9-17/h3-8,11H,9-10H2,1-2H3. The average molecular weight is 261 g/mol. The molecule has 2 heteroatoms. The topological polar surface area (TPSA) is 9.23 Å². The minimum Gasteiger partial charge on any atom is -0.492 e. The van der Waals surface area contributed by atoms with E-state index in [1.165, 1.54) is 22.3 Å². The van der Waals surface area contributed by atoms with Gasteiger partial charge in [0.1, 0.15) is 12.4 Å². The molecule has 0 atom stereocenters. The Hall–Kier alpha value is -1.47. The number of ether oxygens (including phenoxy) is 1. The van der Waals surface area contributed by atoms with Gasteiger partial charge in [0.15, 0.2) is 0 Å². The Morgan fingerprint density at radius 1 is 1.00 bits per heavy atom. The van der Waals surface area contributed by atoms with Crippen molar-refractivity contribution in [2.75, 3.05) is 12.5 Å². The summed E-state index contributed by atoms with van der Waals surface area (Å²) in [4.78, 5) is 0. The quantitative estimate of drug-likeness (QED) is 0.731. The first-order valence-corrected chi connectivity index (χ1v) is 6.60. The van der Waals surface area contributed by atoms with Crippen LogP contribution in [0.2, 0.25) is 0 Å². The van der Waals surface area contributed by atoms with Crippen LogP contribution < -0.4 is 4.74 Å². The summed E-state index contributed by atoms with van der Waals surface area (Å²) in [6.07, 6.45) is 0. The van der Waals surface area contributed by atoms with Crippen LogP contribution >= 0.6 is 11.6 Å². The van der Waals surface area contributed by atoms with E-state index in [1.54, 1.807) is 0 Å². The van der Waals surface area contributed by atoms with Crippen LogP contribution in [-0.4, -0.2) is 12.5 Å². The van der Waals surface area contributed by atoms with Gasteiger partial charge < -0.3 is 4.74 Å². The summed E-state index contributed by atoms with van der Waals surface area (Å²) in [7, 11) is 0. The first-order chi connectivity index (χ1) is 8.70. The summed E-state index contributed by atoms with van der Waals surface area (Å²) in [5.74, 6) is 1.38. The van der Waals surface area contributed by atoms with Crippen molar-refractivity contribution in [1.82, 2.24) is 0 Å². The first kappa shape index (κ1) is 13.0. The van der Waals surface area contributed by atoms with Crippen molar-refractivity contribution in [2.24, 2.45) is 0 Å². The van der Waals surface area contributed by atoms with Gasteiger partial charge >= 0.3 is 0 Å². The summed E-state index contributed by atoms with van der Waals surface area (Å²) < 4.78 is 5.46. The molecular weight excluding hydrogens is 244 g/mol.